The maximum Gasteiger partial charge on any atom is 0.0699 e. The van der Waals surface area contributed by atoms with Gasteiger partial charge in [-0.3, -0.25) is 0 Å². The zero-order valence-electron chi connectivity index (χ0n) is 13.7. The number of hydrogen-bond donors (Lipinski definition) is 0. The second kappa shape index (κ2) is 6.57. The van der Waals surface area contributed by atoms with Gasteiger partial charge >= 0.3 is 0 Å². The number of rotatable bonds is 2. The SMILES string of the molecule is CC1=CC(=Nc2ccccc2)C(C)=C(C)C1=Nc1ccccc1. The second-order valence-electron chi connectivity index (χ2n) is 5.71. The molecule has 0 spiro atoms. The molecule has 0 saturated heterocycles. The van der Waals surface area contributed by atoms with E-state index in [0.717, 1.165) is 28.4 Å². The highest BCUT2D eigenvalue weighted by molar-refractivity contribution is 6.26. The fourth-order valence-corrected chi connectivity index (χ4v) is 2.61. The van der Waals surface area contributed by atoms with Crippen LogP contribution in [-0.2, 0) is 0 Å². The summed E-state index contributed by atoms with van der Waals surface area (Å²) in [6.45, 7) is 6.33. The molecule has 1 aliphatic rings. The summed E-state index contributed by atoms with van der Waals surface area (Å²) in [6, 6.07) is 20.1. The van der Waals surface area contributed by atoms with Crippen molar-refractivity contribution in [1.29, 1.82) is 0 Å². The Morgan fingerprint density at radius 2 is 1.13 bits per heavy atom. The lowest BCUT2D eigenvalue weighted by Crippen LogP contribution is -2.15. The van der Waals surface area contributed by atoms with Gasteiger partial charge in [0, 0.05) is 0 Å². The summed E-state index contributed by atoms with van der Waals surface area (Å²) in [5, 5.41) is 0. The molecule has 2 heteroatoms. The van der Waals surface area contributed by atoms with E-state index in [1.807, 2.05) is 60.7 Å². The number of nitrogens with zero attached hydrogens (tertiary/aromatic N) is 2. The molecule has 2 aromatic carbocycles. The van der Waals surface area contributed by atoms with Gasteiger partial charge in [-0.1, -0.05) is 36.4 Å². The lowest BCUT2D eigenvalue weighted by Gasteiger charge is -2.18. The molecule has 2 aromatic rings. The largest absolute Gasteiger partial charge is 0.249 e. The second-order valence-corrected chi connectivity index (χ2v) is 5.71. The molecule has 0 saturated carbocycles. The molecule has 3 rings (SSSR count). The lowest BCUT2D eigenvalue weighted by atomic mass is 9.90. The summed E-state index contributed by atoms with van der Waals surface area (Å²) in [5.74, 6) is 0. The van der Waals surface area contributed by atoms with E-state index in [1.165, 1.54) is 11.1 Å². The average Bonchev–Trinajstić information content (AvgIpc) is 2.58. The molecule has 2 nitrogen and oxygen atoms in total. The van der Waals surface area contributed by atoms with Gasteiger partial charge in [-0.05, 0) is 67.8 Å². The molecule has 0 unspecified atom stereocenters. The molecule has 0 heterocycles. The predicted octanol–water partition coefficient (Wildman–Crippen LogP) is 5.83. The van der Waals surface area contributed by atoms with Crippen molar-refractivity contribution in [3.8, 4) is 0 Å². The quantitative estimate of drug-likeness (QED) is 0.623. The van der Waals surface area contributed by atoms with Gasteiger partial charge in [0.1, 0.15) is 0 Å². The summed E-state index contributed by atoms with van der Waals surface area (Å²) >= 11 is 0. The van der Waals surface area contributed by atoms with Crippen molar-refractivity contribution in [2.75, 3.05) is 0 Å². The van der Waals surface area contributed by atoms with Crippen molar-refractivity contribution in [2.45, 2.75) is 20.8 Å². The van der Waals surface area contributed by atoms with Crippen LogP contribution in [0.5, 0.6) is 0 Å². The van der Waals surface area contributed by atoms with Gasteiger partial charge in [-0.25, -0.2) is 9.98 Å². The highest BCUT2D eigenvalue weighted by Crippen LogP contribution is 2.25. The Bertz CT molecular complexity index is 823. The monoisotopic (exact) mass is 300 g/mol. The first-order valence-corrected chi connectivity index (χ1v) is 7.79. The Morgan fingerprint density at radius 1 is 0.609 bits per heavy atom. The van der Waals surface area contributed by atoms with Crippen molar-refractivity contribution in [2.24, 2.45) is 9.98 Å². The molecule has 114 valence electrons. The summed E-state index contributed by atoms with van der Waals surface area (Å²) < 4.78 is 0. The van der Waals surface area contributed by atoms with Crippen LogP contribution in [0.1, 0.15) is 20.8 Å². The van der Waals surface area contributed by atoms with E-state index >= 15 is 0 Å². The Morgan fingerprint density at radius 3 is 1.70 bits per heavy atom. The first-order chi connectivity index (χ1) is 11.1. The number of benzene rings is 2. The smallest absolute Gasteiger partial charge is 0.0699 e. The zero-order chi connectivity index (χ0) is 16.2. The first-order valence-electron chi connectivity index (χ1n) is 7.79. The van der Waals surface area contributed by atoms with Crippen LogP contribution < -0.4 is 0 Å². The van der Waals surface area contributed by atoms with Crippen LogP contribution >= 0.6 is 0 Å². The molecule has 0 bridgehead atoms. The van der Waals surface area contributed by atoms with Crippen LogP contribution in [0, 0.1) is 0 Å². The Balaban J connectivity index is 2.02. The van der Waals surface area contributed by atoms with E-state index < -0.39 is 0 Å². The third-order valence-corrected chi connectivity index (χ3v) is 4.03. The van der Waals surface area contributed by atoms with Crippen LogP contribution in [0.15, 0.2) is 93.4 Å². The molecular formula is C21H20N2. The molecule has 0 fully saturated rings. The van der Waals surface area contributed by atoms with E-state index in [2.05, 4.69) is 26.8 Å². The van der Waals surface area contributed by atoms with E-state index in [9.17, 15) is 0 Å². The maximum atomic E-state index is 4.81. The third-order valence-electron chi connectivity index (χ3n) is 4.03. The summed E-state index contributed by atoms with van der Waals surface area (Å²) in [4.78, 5) is 9.58. The van der Waals surface area contributed by atoms with Crippen LogP contribution in [0.2, 0.25) is 0 Å². The van der Waals surface area contributed by atoms with Crippen molar-refractivity contribution in [3.63, 3.8) is 0 Å². The Hall–Kier alpha value is -2.74. The highest BCUT2D eigenvalue weighted by Gasteiger charge is 2.17. The van der Waals surface area contributed by atoms with Gasteiger partial charge < -0.3 is 0 Å². The zero-order valence-corrected chi connectivity index (χ0v) is 13.7. The lowest BCUT2D eigenvalue weighted by molar-refractivity contribution is 1.35. The highest BCUT2D eigenvalue weighted by atomic mass is 14.8. The molecule has 0 aromatic heterocycles. The normalized spacial score (nSPS) is 18.5. The minimum atomic E-state index is 0.974. The molecular weight excluding hydrogens is 280 g/mol. The van der Waals surface area contributed by atoms with E-state index in [4.69, 9.17) is 9.98 Å². The van der Waals surface area contributed by atoms with Gasteiger partial charge in [0.05, 0.1) is 22.8 Å². The molecule has 1 aliphatic carbocycles. The van der Waals surface area contributed by atoms with E-state index in [-0.39, 0.29) is 0 Å². The van der Waals surface area contributed by atoms with Crippen LogP contribution in [-0.4, -0.2) is 11.4 Å². The molecule has 0 amide bonds. The third kappa shape index (κ3) is 3.37. The number of aliphatic imine (C=N–C) groups is 2. The maximum absolute atomic E-state index is 4.81. The number of para-hydroxylation sites is 2. The molecule has 23 heavy (non-hydrogen) atoms. The van der Waals surface area contributed by atoms with Gasteiger partial charge in [0.2, 0.25) is 0 Å². The minimum absolute atomic E-state index is 0.974. The van der Waals surface area contributed by atoms with Crippen molar-refractivity contribution in [1.82, 2.24) is 0 Å². The first kappa shape index (κ1) is 15.2. The average molecular weight is 300 g/mol. The van der Waals surface area contributed by atoms with E-state index in [1.54, 1.807) is 0 Å². The fourth-order valence-electron chi connectivity index (χ4n) is 2.61. The topological polar surface area (TPSA) is 24.7 Å². The van der Waals surface area contributed by atoms with Gasteiger partial charge in [0.25, 0.3) is 0 Å². The van der Waals surface area contributed by atoms with Crippen molar-refractivity contribution >= 4 is 22.8 Å². The van der Waals surface area contributed by atoms with Gasteiger partial charge in [-0.2, -0.15) is 0 Å². The number of allylic oxidation sites excluding steroid dienone is 4. The molecule has 0 aliphatic heterocycles. The summed E-state index contributed by atoms with van der Waals surface area (Å²) in [6.07, 6.45) is 2.12. The minimum Gasteiger partial charge on any atom is -0.249 e. The van der Waals surface area contributed by atoms with Crippen molar-refractivity contribution < 1.29 is 0 Å². The molecule has 0 atom stereocenters. The summed E-state index contributed by atoms with van der Waals surface area (Å²) in [7, 11) is 0. The van der Waals surface area contributed by atoms with Crippen LogP contribution in [0.4, 0.5) is 11.4 Å². The standard InChI is InChI=1S/C21H20N2/c1-15-14-20(22-18-10-6-4-7-11-18)16(2)17(3)21(15)23-19-12-8-5-9-13-19/h4-14H,1-3H3. The summed E-state index contributed by atoms with van der Waals surface area (Å²) in [5.41, 5.74) is 7.51. The Labute approximate surface area is 137 Å². The molecule has 0 radical (unpaired) electrons. The van der Waals surface area contributed by atoms with Crippen LogP contribution in [0.3, 0.4) is 0 Å². The Kier molecular flexibility index (Phi) is 4.33. The number of hydrogen-bond acceptors (Lipinski definition) is 2. The van der Waals surface area contributed by atoms with Gasteiger partial charge in [-0.15, -0.1) is 0 Å². The van der Waals surface area contributed by atoms with Crippen molar-refractivity contribution in [3.05, 3.63) is 83.5 Å². The predicted molar refractivity (Wildman–Crippen MR) is 99.2 cm³/mol. The van der Waals surface area contributed by atoms with E-state index in [0.29, 0.717) is 0 Å². The molecule has 0 N–H and O–H groups in total. The van der Waals surface area contributed by atoms with Crippen LogP contribution in [0.25, 0.3) is 0 Å². The fraction of sp³-hybridized carbons (Fsp3) is 0.143. The van der Waals surface area contributed by atoms with Gasteiger partial charge in [0.15, 0.2) is 0 Å².